The van der Waals surface area contributed by atoms with E-state index in [1.807, 2.05) is 34.6 Å². The quantitative estimate of drug-likeness (QED) is 0.814. The lowest BCUT2D eigenvalue weighted by Gasteiger charge is -2.14. The van der Waals surface area contributed by atoms with Crippen molar-refractivity contribution in [2.24, 2.45) is 0 Å². The minimum atomic E-state index is -0.114. The number of aromatic nitrogens is 3. The zero-order chi connectivity index (χ0) is 18.0. The maximum absolute atomic E-state index is 12.2. The van der Waals surface area contributed by atoms with Crippen molar-refractivity contribution >= 4 is 23.0 Å². The van der Waals surface area contributed by atoms with Crippen LogP contribution in [0.3, 0.4) is 0 Å². The minimum absolute atomic E-state index is 0.00223. The molecule has 2 aromatic heterocycles. The highest BCUT2D eigenvalue weighted by molar-refractivity contribution is 7.11. The molecule has 6 nitrogen and oxygen atoms in total. The Bertz CT molecular complexity index is 756. The van der Waals surface area contributed by atoms with Crippen molar-refractivity contribution < 1.29 is 9.59 Å². The lowest BCUT2D eigenvalue weighted by Crippen LogP contribution is -2.26. The van der Waals surface area contributed by atoms with Gasteiger partial charge in [-0.3, -0.25) is 14.3 Å². The zero-order valence-electron chi connectivity index (χ0n) is 15.1. The summed E-state index contributed by atoms with van der Waals surface area (Å²) < 4.78 is 1.77. The van der Waals surface area contributed by atoms with Crippen LogP contribution in [0.25, 0.3) is 0 Å². The fourth-order valence-corrected chi connectivity index (χ4v) is 3.69. The largest absolute Gasteiger partial charge is 0.350 e. The van der Waals surface area contributed by atoms with Gasteiger partial charge in [0.15, 0.2) is 5.78 Å². The molecule has 0 saturated carbocycles. The lowest BCUT2D eigenvalue weighted by molar-refractivity contribution is -0.122. The van der Waals surface area contributed by atoms with Crippen LogP contribution >= 0.6 is 11.3 Å². The van der Waals surface area contributed by atoms with Gasteiger partial charge in [0.1, 0.15) is 5.01 Å². The number of nitrogens with one attached hydrogen (secondary N) is 1. The van der Waals surface area contributed by atoms with Crippen molar-refractivity contribution in [2.45, 2.75) is 60.5 Å². The number of carbonyl (C=O) groups excluding carboxylic acids is 2. The van der Waals surface area contributed by atoms with Gasteiger partial charge in [0.2, 0.25) is 5.91 Å². The molecule has 0 aliphatic heterocycles. The van der Waals surface area contributed by atoms with Gasteiger partial charge < -0.3 is 5.32 Å². The number of aryl methyl sites for hydroxylation is 3. The summed E-state index contributed by atoms with van der Waals surface area (Å²) in [5.74, 6) is -0.0488. The first kappa shape index (κ1) is 18.3. The summed E-state index contributed by atoms with van der Waals surface area (Å²) in [7, 11) is 0. The van der Waals surface area contributed by atoms with Crippen molar-refractivity contribution in [3.8, 4) is 0 Å². The predicted molar refractivity (Wildman–Crippen MR) is 94.5 cm³/mol. The normalized spacial score (nSPS) is 12.2. The molecule has 1 amide bonds. The monoisotopic (exact) mass is 348 g/mol. The van der Waals surface area contributed by atoms with Gasteiger partial charge in [0, 0.05) is 17.0 Å². The summed E-state index contributed by atoms with van der Waals surface area (Å²) in [5.41, 5.74) is 3.18. The van der Waals surface area contributed by atoms with E-state index >= 15 is 0 Å². The van der Waals surface area contributed by atoms with Crippen molar-refractivity contribution in [1.29, 1.82) is 0 Å². The molecule has 0 spiro atoms. The number of amides is 1. The predicted octanol–water partition coefficient (Wildman–Crippen LogP) is 3.04. The Hall–Kier alpha value is -2.02. The molecule has 0 saturated heterocycles. The molecule has 0 radical (unpaired) electrons. The maximum atomic E-state index is 12.2. The number of ketones is 1. The number of hydrogen-bond donors (Lipinski definition) is 1. The molecular formula is C17H24N4O2S. The molecule has 2 aromatic rings. The fourth-order valence-electron chi connectivity index (χ4n) is 2.82. The minimum Gasteiger partial charge on any atom is -0.350 e. The van der Waals surface area contributed by atoms with E-state index in [9.17, 15) is 9.59 Å². The summed E-state index contributed by atoms with van der Waals surface area (Å²) in [4.78, 5) is 29.5. The molecule has 0 bridgehead atoms. The van der Waals surface area contributed by atoms with Gasteiger partial charge in [0.05, 0.1) is 29.5 Å². The first-order chi connectivity index (χ1) is 11.2. The molecule has 2 heterocycles. The van der Waals surface area contributed by atoms with E-state index in [1.54, 1.807) is 16.0 Å². The van der Waals surface area contributed by atoms with E-state index in [0.717, 1.165) is 16.4 Å². The molecule has 0 fully saturated rings. The van der Waals surface area contributed by atoms with Gasteiger partial charge in [-0.05, 0) is 41.5 Å². The highest BCUT2D eigenvalue weighted by atomic mass is 32.1. The summed E-state index contributed by atoms with van der Waals surface area (Å²) in [5, 5.41) is 8.24. The van der Waals surface area contributed by atoms with Crippen molar-refractivity contribution in [3.63, 3.8) is 0 Å². The molecule has 7 heteroatoms. The van der Waals surface area contributed by atoms with Crippen LogP contribution in [-0.2, 0) is 11.3 Å². The van der Waals surface area contributed by atoms with Crippen LogP contribution in [0.1, 0.15) is 63.6 Å². The van der Waals surface area contributed by atoms with E-state index in [-0.39, 0.29) is 17.7 Å². The molecule has 24 heavy (non-hydrogen) atoms. The smallest absolute Gasteiger partial charge is 0.222 e. The Morgan fingerprint density at radius 3 is 2.38 bits per heavy atom. The Kier molecular flexibility index (Phi) is 5.54. The summed E-state index contributed by atoms with van der Waals surface area (Å²) in [6, 6.07) is -0.114. The van der Waals surface area contributed by atoms with Crippen molar-refractivity contribution in [1.82, 2.24) is 20.1 Å². The molecule has 130 valence electrons. The van der Waals surface area contributed by atoms with Gasteiger partial charge in [-0.2, -0.15) is 5.10 Å². The summed E-state index contributed by atoms with van der Waals surface area (Å²) >= 11 is 1.60. The van der Waals surface area contributed by atoms with E-state index in [4.69, 9.17) is 0 Å². The number of rotatable bonds is 6. The molecular weight excluding hydrogens is 324 g/mol. The van der Waals surface area contributed by atoms with Crippen LogP contribution in [0, 0.1) is 27.7 Å². The molecule has 0 aromatic carbocycles. The SMILES string of the molecule is CC(=O)c1c(C)nn([C@H](C)CC(=O)NCc2nc(C)c(C)s2)c1C. The second-order valence-electron chi connectivity index (χ2n) is 6.13. The molecule has 0 unspecified atom stereocenters. The first-order valence-electron chi connectivity index (χ1n) is 7.97. The zero-order valence-corrected chi connectivity index (χ0v) is 15.9. The average molecular weight is 348 g/mol. The third kappa shape index (κ3) is 3.90. The van der Waals surface area contributed by atoms with Crippen LogP contribution in [0.2, 0.25) is 0 Å². The highest BCUT2D eigenvalue weighted by Gasteiger charge is 2.20. The van der Waals surface area contributed by atoms with Gasteiger partial charge in [0.25, 0.3) is 0 Å². The van der Waals surface area contributed by atoms with E-state index < -0.39 is 0 Å². The molecule has 0 aliphatic rings. The topological polar surface area (TPSA) is 76.9 Å². The van der Waals surface area contributed by atoms with Crippen LogP contribution in [0.5, 0.6) is 0 Å². The molecule has 1 atom stereocenters. The van der Waals surface area contributed by atoms with Gasteiger partial charge in [-0.15, -0.1) is 11.3 Å². The Morgan fingerprint density at radius 2 is 1.88 bits per heavy atom. The van der Waals surface area contributed by atoms with E-state index in [0.29, 0.717) is 24.2 Å². The van der Waals surface area contributed by atoms with Gasteiger partial charge >= 0.3 is 0 Å². The molecule has 0 aliphatic carbocycles. The van der Waals surface area contributed by atoms with Crippen molar-refractivity contribution in [3.05, 3.63) is 32.5 Å². The fraction of sp³-hybridized carbons (Fsp3) is 0.529. The first-order valence-corrected chi connectivity index (χ1v) is 8.78. The third-order valence-electron chi connectivity index (χ3n) is 4.08. The molecule has 2 rings (SSSR count). The lowest BCUT2D eigenvalue weighted by atomic mass is 10.1. The van der Waals surface area contributed by atoms with Gasteiger partial charge in [-0.25, -0.2) is 4.98 Å². The van der Waals surface area contributed by atoms with Gasteiger partial charge in [-0.1, -0.05) is 0 Å². The number of carbonyl (C=O) groups is 2. The number of hydrogen-bond acceptors (Lipinski definition) is 5. The summed E-state index contributed by atoms with van der Waals surface area (Å²) in [6.45, 7) is 11.6. The standard InChI is InChI=1S/C17H24N4O2S/c1-9(21-12(4)17(13(5)22)11(3)20-21)7-15(23)18-8-16-19-10(2)14(6)24-16/h9H,7-8H2,1-6H3,(H,18,23)/t9-/m1/s1. The Labute approximate surface area is 146 Å². The maximum Gasteiger partial charge on any atom is 0.222 e. The number of nitrogens with zero attached hydrogens (tertiary/aromatic N) is 3. The van der Waals surface area contributed by atoms with E-state index in [1.165, 1.54) is 11.8 Å². The van der Waals surface area contributed by atoms with E-state index in [2.05, 4.69) is 15.4 Å². The summed E-state index contributed by atoms with van der Waals surface area (Å²) in [6.07, 6.45) is 0.308. The highest BCUT2D eigenvalue weighted by Crippen LogP contribution is 2.20. The van der Waals surface area contributed by atoms with Crippen LogP contribution in [0.4, 0.5) is 0 Å². The van der Waals surface area contributed by atoms with Crippen molar-refractivity contribution in [2.75, 3.05) is 0 Å². The average Bonchev–Trinajstić information content (AvgIpc) is 2.96. The van der Waals surface area contributed by atoms with Crippen LogP contribution < -0.4 is 5.32 Å². The molecule has 1 N–H and O–H groups in total. The van der Waals surface area contributed by atoms with Crippen LogP contribution in [0.15, 0.2) is 0 Å². The third-order valence-corrected chi connectivity index (χ3v) is 5.16. The Balaban J connectivity index is 1.99. The Morgan fingerprint density at radius 1 is 1.21 bits per heavy atom. The second-order valence-corrected chi connectivity index (χ2v) is 7.41. The number of Topliss-reactive ketones (excluding diaryl/α,β-unsaturated/α-hetero) is 1. The number of thiazole rings is 1. The second kappa shape index (κ2) is 7.25. The van der Waals surface area contributed by atoms with Crippen LogP contribution in [-0.4, -0.2) is 26.5 Å².